The van der Waals surface area contributed by atoms with E-state index in [1.807, 2.05) is 12.2 Å². The second kappa shape index (κ2) is 7.83. The standard InChI is InChI=1S/C18H19F2NO2/c1-12(22)5-3-2-4-6-14-8-7-13(11-21-14)15-9-10-16(23)18(20)17(15)19/h4,6-12,22-23H,2-3,5H2,1H3. The van der Waals surface area contributed by atoms with Gasteiger partial charge < -0.3 is 10.2 Å². The summed E-state index contributed by atoms with van der Waals surface area (Å²) in [5.41, 5.74) is 1.21. The highest BCUT2D eigenvalue weighted by atomic mass is 19.2. The Hall–Kier alpha value is -2.27. The fourth-order valence-corrected chi connectivity index (χ4v) is 2.16. The van der Waals surface area contributed by atoms with Gasteiger partial charge in [-0.2, -0.15) is 4.39 Å². The number of aliphatic hydroxyl groups excluding tert-OH is 1. The Bertz CT molecular complexity index is 682. The number of aliphatic hydroxyl groups is 1. The van der Waals surface area contributed by atoms with E-state index >= 15 is 0 Å². The largest absolute Gasteiger partial charge is 0.505 e. The molecule has 0 amide bonds. The van der Waals surface area contributed by atoms with Crippen molar-refractivity contribution in [2.24, 2.45) is 0 Å². The second-order valence-corrected chi connectivity index (χ2v) is 5.41. The normalized spacial score (nSPS) is 12.7. The van der Waals surface area contributed by atoms with Gasteiger partial charge in [-0.1, -0.05) is 12.1 Å². The van der Waals surface area contributed by atoms with E-state index in [0.717, 1.165) is 25.3 Å². The van der Waals surface area contributed by atoms with Gasteiger partial charge in [-0.25, -0.2) is 4.39 Å². The van der Waals surface area contributed by atoms with Crippen molar-refractivity contribution < 1.29 is 19.0 Å². The van der Waals surface area contributed by atoms with Crippen LogP contribution in [0.25, 0.3) is 17.2 Å². The summed E-state index contributed by atoms with van der Waals surface area (Å²) in [6.45, 7) is 1.76. The first-order valence-electron chi connectivity index (χ1n) is 7.47. The number of aromatic hydroxyl groups is 1. The summed E-state index contributed by atoms with van der Waals surface area (Å²) in [7, 11) is 0. The highest BCUT2D eigenvalue weighted by Crippen LogP contribution is 2.28. The number of hydrogen-bond donors (Lipinski definition) is 2. The third-order valence-electron chi connectivity index (χ3n) is 3.44. The first-order valence-corrected chi connectivity index (χ1v) is 7.47. The molecular weight excluding hydrogens is 300 g/mol. The summed E-state index contributed by atoms with van der Waals surface area (Å²) in [5.74, 6) is -3.06. The number of benzene rings is 1. The van der Waals surface area contributed by atoms with Gasteiger partial charge in [0.2, 0.25) is 5.82 Å². The van der Waals surface area contributed by atoms with E-state index in [4.69, 9.17) is 10.2 Å². The number of hydrogen-bond acceptors (Lipinski definition) is 3. The Kier molecular flexibility index (Phi) is 5.82. The lowest BCUT2D eigenvalue weighted by molar-refractivity contribution is 0.182. The zero-order valence-corrected chi connectivity index (χ0v) is 12.8. The average Bonchev–Trinajstić information content (AvgIpc) is 2.53. The van der Waals surface area contributed by atoms with Crippen LogP contribution in [0.1, 0.15) is 31.9 Å². The maximum atomic E-state index is 13.8. The molecule has 0 saturated carbocycles. The Morgan fingerprint density at radius 1 is 1.17 bits per heavy atom. The molecule has 0 saturated heterocycles. The third-order valence-corrected chi connectivity index (χ3v) is 3.44. The van der Waals surface area contributed by atoms with Gasteiger partial charge in [-0.3, -0.25) is 4.98 Å². The molecule has 2 aromatic rings. The minimum absolute atomic E-state index is 0.0558. The number of unbranched alkanes of at least 4 members (excludes halogenated alkanes) is 1. The van der Waals surface area contributed by atoms with Crippen LogP contribution < -0.4 is 0 Å². The minimum atomic E-state index is -1.26. The van der Waals surface area contributed by atoms with Crippen molar-refractivity contribution in [3.63, 3.8) is 0 Å². The van der Waals surface area contributed by atoms with Crippen molar-refractivity contribution in [2.75, 3.05) is 0 Å². The molecule has 1 atom stereocenters. The molecule has 0 radical (unpaired) electrons. The van der Waals surface area contributed by atoms with Crippen molar-refractivity contribution in [2.45, 2.75) is 32.3 Å². The van der Waals surface area contributed by atoms with Gasteiger partial charge in [-0.05, 0) is 50.5 Å². The number of nitrogens with zero attached hydrogens (tertiary/aromatic N) is 1. The monoisotopic (exact) mass is 319 g/mol. The van der Waals surface area contributed by atoms with Crippen LogP contribution in [0.5, 0.6) is 5.75 Å². The van der Waals surface area contributed by atoms with Crippen molar-refractivity contribution >= 4 is 6.08 Å². The number of pyridine rings is 1. The lowest BCUT2D eigenvalue weighted by atomic mass is 10.1. The smallest absolute Gasteiger partial charge is 0.200 e. The molecule has 2 N–H and O–H groups in total. The van der Waals surface area contributed by atoms with Crippen molar-refractivity contribution in [3.8, 4) is 16.9 Å². The van der Waals surface area contributed by atoms with Gasteiger partial charge in [0.25, 0.3) is 0 Å². The molecule has 1 aromatic carbocycles. The predicted molar refractivity (Wildman–Crippen MR) is 85.8 cm³/mol. The molecule has 5 heteroatoms. The van der Waals surface area contributed by atoms with Gasteiger partial charge in [0.15, 0.2) is 11.6 Å². The molecule has 0 spiro atoms. The van der Waals surface area contributed by atoms with Crippen LogP contribution in [0.15, 0.2) is 36.5 Å². The summed E-state index contributed by atoms with van der Waals surface area (Å²) < 4.78 is 27.2. The number of halogens is 2. The fraction of sp³-hybridized carbons (Fsp3) is 0.278. The van der Waals surface area contributed by atoms with E-state index in [1.165, 1.54) is 12.3 Å². The van der Waals surface area contributed by atoms with Crippen molar-refractivity contribution in [1.82, 2.24) is 4.98 Å². The lowest BCUT2D eigenvalue weighted by Crippen LogP contribution is -1.97. The molecule has 1 heterocycles. The SMILES string of the molecule is CC(O)CCCC=Cc1ccc(-c2ccc(O)c(F)c2F)cn1. The van der Waals surface area contributed by atoms with E-state index in [-0.39, 0.29) is 11.7 Å². The first kappa shape index (κ1) is 17.1. The Morgan fingerprint density at radius 2 is 1.96 bits per heavy atom. The highest BCUT2D eigenvalue weighted by Gasteiger charge is 2.14. The topological polar surface area (TPSA) is 53.4 Å². The number of phenols is 1. The van der Waals surface area contributed by atoms with E-state index in [9.17, 15) is 8.78 Å². The average molecular weight is 319 g/mol. The number of aromatic nitrogens is 1. The molecule has 0 fully saturated rings. The van der Waals surface area contributed by atoms with Crippen LogP contribution in [0.4, 0.5) is 8.78 Å². The second-order valence-electron chi connectivity index (χ2n) is 5.41. The van der Waals surface area contributed by atoms with Crippen LogP contribution in [-0.4, -0.2) is 21.3 Å². The molecular formula is C18H19F2NO2. The molecule has 23 heavy (non-hydrogen) atoms. The van der Waals surface area contributed by atoms with Gasteiger partial charge >= 0.3 is 0 Å². The Labute approximate surface area is 133 Å². The quantitative estimate of drug-likeness (QED) is 0.781. The van der Waals surface area contributed by atoms with Crippen molar-refractivity contribution in [1.29, 1.82) is 0 Å². The van der Waals surface area contributed by atoms with Crippen LogP contribution in [0.2, 0.25) is 0 Å². The van der Waals surface area contributed by atoms with Crippen LogP contribution in [0.3, 0.4) is 0 Å². The van der Waals surface area contributed by atoms with Gasteiger partial charge in [0.05, 0.1) is 11.8 Å². The van der Waals surface area contributed by atoms with Crippen LogP contribution in [0, 0.1) is 11.6 Å². The number of rotatable bonds is 6. The Morgan fingerprint density at radius 3 is 2.61 bits per heavy atom. The molecule has 3 nitrogen and oxygen atoms in total. The molecule has 122 valence electrons. The Balaban J connectivity index is 2.05. The molecule has 0 bridgehead atoms. The molecule has 0 aliphatic carbocycles. The maximum absolute atomic E-state index is 13.8. The summed E-state index contributed by atoms with van der Waals surface area (Å²) in [5, 5.41) is 18.3. The summed E-state index contributed by atoms with van der Waals surface area (Å²) in [6.07, 6.45) is 7.47. The van der Waals surface area contributed by atoms with Crippen LogP contribution in [-0.2, 0) is 0 Å². The number of phenolic OH excluding ortho intramolecular Hbond substituents is 1. The third kappa shape index (κ3) is 4.60. The van der Waals surface area contributed by atoms with Gasteiger partial charge in [0.1, 0.15) is 0 Å². The summed E-state index contributed by atoms with van der Waals surface area (Å²) in [4.78, 5) is 4.19. The van der Waals surface area contributed by atoms with E-state index < -0.39 is 17.4 Å². The fourth-order valence-electron chi connectivity index (χ4n) is 2.16. The van der Waals surface area contributed by atoms with Gasteiger partial charge in [0, 0.05) is 17.3 Å². The van der Waals surface area contributed by atoms with E-state index in [1.54, 1.807) is 19.1 Å². The molecule has 1 aromatic heterocycles. The first-order chi connectivity index (χ1) is 11.0. The van der Waals surface area contributed by atoms with Crippen LogP contribution >= 0.6 is 0 Å². The number of allylic oxidation sites excluding steroid dienone is 1. The molecule has 2 rings (SSSR count). The highest BCUT2D eigenvalue weighted by molar-refractivity contribution is 5.65. The summed E-state index contributed by atoms with van der Waals surface area (Å²) in [6, 6.07) is 5.79. The van der Waals surface area contributed by atoms with Gasteiger partial charge in [-0.15, -0.1) is 0 Å². The minimum Gasteiger partial charge on any atom is -0.505 e. The van der Waals surface area contributed by atoms with E-state index in [0.29, 0.717) is 11.3 Å². The zero-order chi connectivity index (χ0) is 16.8. The predicted octanol–water partition coefficient (Wildman–Crippen LogP) is 4.30. The maximum Gasteiger partial charge on any atom is 0.200 e. The summed E-state index contributed by atoms with van der Waals surface area (Å²) >= 11 is 0. The van der Waals surface area contributed by atoms with E-state index in [2.05, 4.69) is 4.98 Å². The molecule has 0 aliphatic heterocycles. The molecule has 1 unspecified atom stereocenters. The lowest BCUT2D eigenvalue weighted by Gasteiger charge is -2.05. The molecule has 0 aliphatic rings. The van der Waals surface area contributed by atoms with Crippen molar-refractivity contribution in [3.05, 3.63) is 53.9 Å². The zero-order valence-electron chi connectivity index (χ0n) is 12.8.